The molecule has 2 N–H and O–H groups in total. The maximum absolute atomic E-state index is 11.3. The summed E-state index contributed by atoms with van der Waals surface area (Å²) >= 11 is 0. The Bertz CT molecular complexity index is 175. The Morgan fingerprint density at radius 3 is 2.43 bits per heavy atom. The van der Waals surface area contributed by atoms with Gasteiger partial charge in [0.2, 0.25) is 5.91 Å². The second kappa shape index (κ2) is 5.98. The number of rotatable bonds is 5. The van der Waals surface area contributed by atoms with Crippen LogP contribution in [0.1, 0.15) is 27.7 Å². The standard InChI is InChI=1S/C10H22N2O2/c1-8(14-5)6-11-7-9(13)12-10(2,3)4/h8,11H,6-7H2,1-5H3,(H,12,13). The molecule has 1 unspecified atom stereocenters. The third-order valence-corrected chi connectivity index (χ3v) is 1.63. The lowest BCUT2D eigenvalue weighted by Gasteiger charge is -2.20. The summed E-state index contributed by atoms with van der Waals surface area (Å²) in [5.41, 5.74) is -0.161. The van der Waals surface area contributed by atoms with Crippen molar-refractivity contribution >= 4 is 5.91 Å². The van der Waals surface area contributed by atoms with Crippen LogP contribution < -0.4 is 10.6 Å². The lowest BCUT2D eigenvalue weighted by molar-refractivity contribution is -0.121. The van der Waals surface area contributed by atoms with Crippen molar-refractivity contribution in [2.75, 3.05) is 20.2 Å². The van der Waals surface area contributed by atoms with Gasteiger partial charge in [0.05, 0.1) is 12.6 Å². The first-order valence-electron chi connectivity index (χ1n) is 4.89. The Balaban J connectivity index is 3.55. The molecule has 1 amide bonds. The third kappa shape index (κ3) is 8.01. The van der Waals surface area contributed by atoms with Gasteiger partial charge < -0.3 is 15.4 Å². The number of carbonyl (C=O) groups is 1. The number of ether oxygens (including phenoxy) is 1. The fourth-order valence-corrected chi connectivity index (χ4v) is 0.935. The molecule has 0 heterocycles. The maximum atomic E-state index is 11.3. The highest BCUT2D eigenvalue weighted by Crippen LogP contribution is 1.97. The highest BCUT2D eigenvalue weighted by Gasteiger charge is 2.13. The first-order chi connectivity index (χ1) is 6.35. The molecule has 0 aliphatic heterocycles. The molecule has 84 valence electrons. The van der Waals surface area contributed by atoms with Gasteiger partial charge in [-0.05, 0) is 27.7 Å². The van der Waals surface area contributed by atoms with Crippen LogP contribution in [0, 0.1) is 0 Å². The number of nitrogens with one attached hydrogen (secondary N) is 2. The first kappa shape index (κ1) is 13.4. The van der Waals surface area contributed by atoms with Crippen molar-refractivity contribution in [1.82, 2.24) is 10.6 Å². The van der Waals surface area contributed by atoms with Gasteiger partial charge in [-0.3, -0.25) is 4.79 Å². The van der Waals surface area contributed by atoms with E-state index in [9.17, 15) is 4.79 Å². The van der Waals surface area contributed by atoms with Crippen molar-refractivity contribution in [1.29, 1.82) is 0 Å². The summed E-state index contributed by atoms with van der Waals surface area (Å²) in [6.07, 6.45) is 0.137. The zero-order valence-electron chi connectivity index (χ0n) is 9.81. The molecule has 4 heteroatoms. The van der Waals surface area contributed by atoms with Crippen molar-refractivity contribution in [3.8, 4) is 0 Å². The predicted molar refractivity (Wildman–Crippen MR) is 57.2 cm³/mol. The van der Waals surface area contributed by atoms with Gasteiger partial charge in [-0.1, -0.05) is 0 Å². The second-order valence-corrected chi connectivity index (χ2v) is 4.48. The molecule has 1 atom stereocenters. The van der Waals surface area contributed by atoms with Gasteiger partial charge in [0.25, 0.3) is 0 Å². The van der Waals surface area contributed by atoms with E-state index in [1.807, 2.05) is 27.7 Å². The largest absolute Gasteiger partial charge is 0.380 e. The summed E-state index contributed by atoms with van der Waals surface area (Å²) in [6, 6.07) is 0. The molecule has 0 aromatic heterocycles. The summed E-state index contributed by atoms with van der Waals surface area (Å²) in [6.45, 7) is 8.86. The van der Waals surface area contributed by atoms with Gasteiger partial charge >= 0.3 is 0 Å². The summed E-state index contributed by atoms with van der Waals surface area (Å²) in [5.74, 6) is 0.0146. The summed E-state index contributed by atoms with van der Waals surface area (Å²) in [4.78, 5) is 11.3. The average Bonchev–Trinajstić information content (AvgIpc) is 2.00. The molecule has 0 fully saturated rings. The van der Waals surface area contributed by atoms with Gasteiger partial charge in [-0.25, -0.2) is 0 Å². The Morgan fingerprint density at radius 1 is 1.43 bits per heavy atom. The number of amides is 1. The van der Waals surface area contributed by atoms with E-state index in [0.29, 0.717) is 13.1 Å². The van der Waals surface area contributed by atoms with E-state index < -0.39 is 0 Å². The van der Waals surface area contributed by atoms with Crippen molar-refractivity contribution in [3.05, 3.63) is 0 Å². The van der Waals surface area contributed by atoms with Crippen LogP contribution in [0.2, 0.25) is 0 Å². The van der Waals surface area contributed by atoms with E-state index in [0.717, 1.165) is 0 Å². The van der Waals surface area contributed by atoms with Gasteiger partial charge in [0.1, 0.15) is 0 Å². The lowest BCUT2D eigenvalue weighted by Crippen LogP contribution is -2.45. The number of hydrogen-bond donors (Lipinski definition) is 2. The van der Waals surface area contributed by atoms with Crippen molar-refractivity contribution < 1.29 is 9.53 Å². The number of methoxy groups -OCH3 is 1. The monoisotopic (exact) mass is 202 g/mol. The van der Waals surface area contributed by atoms with Crippen molar-refractivity contribution in [2.24, 2.45) is 0 Å². The second-order valence-electron chi connectivity index (χ2n) is 4.48. The highest BCUT2D eigenvalue weighted by atomic mass is 16.5. The predicted octanol–water partition coefficient (Wildman–Crippen LogP) is 0.526. The van der Waals surface area contributed by atoms with Crippen LogP contribution >= 0.6 is 0 Å². The van der Waals surface area contributed by atoms with E-state index in [2.05, 4.69) is 10.6 Å². The zero-order chi connectivity index (χ0) is 11.2. The molecular formula is C10H22N2O2. The minimum Gasteiger partial charge on any atom is -0.380 e. The maximum Gasteiger partial charge on any atom is 0.234 e. The Hall–Kier alpha value is -0.610. The van der Waals surface area contributed by atoms with Crippen LogP contribution in [0.25, 0.3) is 0 Å². The Labute approximate surface area is 86.4 Å². The van der Waals surface area contributed by atoms with E-state index in [1.165, 1.54) is 0 Å². The molecule has 0 aliphatic carbocycles. The minimum atomic E-state index is -0.161. The number of hydrogen-bond acceptors (Lipinski definition) is 3. The molecule has 0 saturated heterocycles. The van der Waals surface area contributed by atoms with Crippen molar-refractivity contribution in [3.63, 3.8) is 0 Å². The Morgan fingerprint density at radius 2 is 2.00 bits per heavy atom. The number of carbonyl (C=O) groups excluding carboxylic acids is 1. The topological polar surface area (TPSA) is 50.4 Å². The summed E-state index contributed by atoms with van der Waals surface area (Å²) in [7, 11) is 1.65. The zero-order valence-corrected chi connectivity index (χ0v) is 9.81. The van der Waals surface area contributed by atoms with E-state index in [-0.39, 0.29) is 17.6 Å². The third-order valence-electron chi connectivity index (χ3n) is 1.63. The fraction of sp³-hybridized carbons (Fsp3) is 0.900. The van der Waals surface area contributed by atoms with E-state index in [4.69, 9.17) is 4.74 Å². The summed E-state index contributed by atoms with van der Waals surface area (Å²) < 4.78 is 5.04. The molecule has 0 aliphatic rings. The molecule has 0 aromatic rings. The van der Waals surface area contributed by atoms with Gasteiger partial charge in [-0.2, -0.15) is 0 Å². The normalized spacial score (nSPS) is 13.8. The highest BCUT2D eigenvalue weighted by molar-refractivity contribution is 5.78. The van der Waals surface area contributed by atoms with Gasteiger partial charge in [0.15, 0.2) is 0 Å². The molecule has 4 nitrogen and oxygen atoms in total. The van der Waals surface area contributed by atoms with Crippen molar-refractivity contribution in [2.45, 2.75) is 39.3 Å². The molecule has 0 saturated carbocycles. The van der Waals surface area contributed by atoms with E-state index >= 15 is 0 Å². The average molecular weight is 202 g/mol. The molecule has 0 aromatic carbocycles. The molecule has 0 bridgehead atoms. The van der Waals surface area contributed by atoms with Crippen LogP contribution in [0.3, 0.4) is 0 Å². The molecular weight excluding hydrogens is 180 g/mol. The van der Waals surface area contributed by atoms with Crippen LogP contribution in [-0.4, -0.2) is 37.7 Å². The summed E-state index contributed by atoms with van der Waals surface area (Å²) in [5, 5.41) is 5.89. The molecule has 0 radical (unpaired) electrons. The SMILES string of the molecule is COC(C)CNCC(=O)NC(C)(C)C. The van der Waals surface area contributed by atoms with Gasteiger partial charge in [-0.15, -0.1) is 0 Å². The van der Waals surface area contributed by atoms with Crippen LogP contribution in [0.15, 0.2) is 0 Å². The molecule has 0 rings (SSSR count). The lowest BCUT2D eigenvalue weighted by atomic mass is 10.1. The van der Waals surface area contributed by atoms with Crippen LogP contribution in [-0.2, 0) is 9.53 Å². The van der Waals surface area contributed by atoms with Crippen LogP contribution in [0.4, 0.5) is 0 Å². The Kier molecular flexibility index (Phi) is 5.72. The fourth-order valence-electron chi connectivity index (χ4n) is 0.935. The smallest absolute Gasteiger partial charge is 0.234 e. The molecule has 14 heavy (non-hydrogen) atoms. The molecule has 0 spiro atoms. The van der Waals surface area contributed by atoms with Crippen LogP contribution in [0.5, 0.6) is 0 Å². The van der Waals surface area contributed by atoms with E-state index in [1.54, 1.807) is 7.11 Å². The van der Waals surface area contributed by atoms with Gasteiger partial charge in [0, 0.05) is 19.2 Å². The quantitative estimate of drug-likeness (QED) is 0.683. The minimum absolute atomic E-state index is 0.0146. The first-order valence-corrected chi connectivity index (χ1v) is 4.89.